The van der Waals surface area contributed by atoms with Crippen LogP contribution in [0, 0.1) is 13.8 Å². The summed E-state index contributed by atoms with van der Waals surface area (Å²) in [5.41, 5.74) is 7.19. The van der Waals surface area contributed by atoms with Gasteiger partial charge in [0.15, 0.2) is 0 Å². The molecule has 0 atom stereocenters. The van der Waals surface area contributed by atoms with Gasteiger partial charge in [-0.1, -0.05) is 12.1 Å². The fraction of sp³-hybridized carbons (Fsp3) is 0.231. The second-order valence-electron chi connectivity index (χ2n) is 4.22. The van der Waals surface area contributed by atoms with E-state index in [-0.39, 0.29) is 0 Å². The summed E-state index contributed by atoms with van der Waals surface area (Å²) in [7, 11) is 0. The highest BCUT2D eigenvalue weighted by Gasteiger charge is 2.20. The Morgan fingerprint density at radius 2 is 1.33 bits per heavy atom. The van der Waals surface area contributed by atoms with Crippen LogP contribution in [0.15, 0.2) is 24.5 Å². The molecule has 3 rings (SSSR count). The standard InChI is InChI=1S/C13H12N2/c1-8-3-10-5-11-4-9(2)7-15-13(11)12(10)14-6-8/h3-4,6-7H,5H2,1-2H3. The van der Waals surface area contributed by atoms with Gasteiger partial charge in [0, 0.05) is 18.8 Å². The predicted molar refractivity (Wildman–Crippen MR) is 59.7 cm³/mol. The zero-order valence-corrected chi connectivity index (χ0v) is 8.91. The Kier molecular flexibility index (Phi) is 1.66. The average Bonchev–Trinajstić information content (AvgIpc) is 2.53. The van der Waals surface area contributed by atoms with Crippen molar-refractivity contribution in [3.8, 4) is 11.4 Å². The molecule has 0 aliphatic heterocycles. The van der Waals surface area contributed by atoms with Crippen molar-refractivity contribution in [2.24, 2.45) is 0 Å². The zero-order valence-electron chi connectivity index (χ0n) is 8.91. The Hall–Kier alpha value is -1.70. The summed E-state index contributed by atoms with van der Waals surface area (Å²) in [5, 5.41) is 0. The van der Waals surface area contributed by atoms with Crippen molar-refractivity contribution in [2.75, 3.05) is 0 Å². The van der Waals surface area contributed by atoms with E-state index in [2.05, 4.69) is 35.9 Å². The molecule has 0 saturated carbocycles. The molecule has 2 nitrogen and oxygen atoms in total. The van der Waals surface area contributed by atoms with Crippen molar-refractivity contribution in [1.29, 1.82) is 0 Å². The van der Waals surface area contributed by atoms with Gasteiger partial charge in [-0.25, -0.2) is 0 Å². The van der Waals surface area contributed by atoms with Gasteiger partial charge in [0.25, 0.3) is 0 Å². The van der Waals surface area contributed by atoms with Crippen molar-refractivity contribution in [1.82, 2.24) is 9.97 Å². The number of hydrogen-bond acceptors (Lipinski definition) is 2. The first-order valence-electron chi connectivity index (χ1n) is 5.15. The van der Waals surface area contributed by atoms with Crippen LogP contribution in [-0.4, -0.2) is 9.97 Å². The van der Waals surface area contributed by atoms with Crippen LogP contribution in [0.2, 0.25) is 0 Å². The topological polar surface area (TPSA) is 25.8 Å². The molecule has 0 bridgehead atoms. The molecule has 0 unspecified atom stereocenters. The van der Waals surface area contributed by atoms with Crippen LogP contribution in [0.3, 0.4) is 0 Å². The molecule has 2 aromatic heterocycles. The lowest BCUT2D eigenvalue weighted by Crippen LogP contribution is -1.87. The molecule has 0 amide bonds. The minimum Gasteiger partial charge on any atom is -0.254 e. The summed E-state index contributed by atoms with van der Waals surface area (Å²) in [6, 6.07) is 4.42. The number of fused-ring (bicyclic) bond motifs is 3. The predicted octanol–water partition coefficient (Wildman–Crippen LogP) is 2.66. The van der Waals surface area contributed by atoms with Gasteiger partial charge in [-0.05, 0) is 36.1 Å². The summed E-state index contributed by atoms with van der Waals surface area (Å²) in [4.78, 5) is 8.93. The Morgan fingerprint density at radius 1 is 0.867 bits per heavy atom. The second-order valence-corrected chi connectivity index (χ2v) is 4.22. The zero-order chi connectivity index (χ0) is 10.4. The lowest BCUT2D eigenvalue weighted by molar-refractivity contribution is 1.19. The second kappa shape index (κ2) is 2.89. The lowest BCUT2D eigenvalue weighted by Gasteiger charge is -1.99. The van der Waals surface area contributed by atoms with Crippen molar-refractivity contribution in [3.63, 3.8) is 0 Å². The molecule has 2 heteroatoms. The summed E-state index contributed by atoms with van der Waals surface area (Å²) in [6.45, 7) is 4.16. The van der Waals surface area contributed by atoms with Crippen LogP contribution in [0.25, 0.3) is 11.4 Å². The SMILES string of the molecule is Cc1cnc2c(c1)Cc1cc(C)cnc1-2. The highest BCUT2D eigenvalue weighted by Crippen LogP contribution is 2.33. The Bertz CT molecular complexity index is 495. The van der Waals surface area contributed by atoms with Crippen LogP contribution in [0.1, 0.15) is 22.3 Å². The highest BCUT2D eigenvalue weighted by atomic mass is 14.8. The third-order valence-corrected chi connectivity index (χ3v) is 2.81. The van der Waals surface area contributed by atoms with Crippen molar-refractivity contribution in [3.05, 3.63) is 46.8 Å². The summed E-state index contributed by atoms with van der Waals surface area (Å²) in [6.07, 6.45) is 4.80. The van der Waals surface area contributed by atoms with E-state index >= 15 is 0 Å². The number of rotatable bonds is 0. The van der Waals surface area contributed by atoms with E-state index in [9.17, 15) is 0 Å². The summed E-state index contributed by atoms with van der Waals surface area (Å²) in [5.74, 6) is 0. The maximum Gasteiger partial charge on any atom is 0.0924 e. The molecule has 2 heterocycles. The molecule has 1 aliphatic carbocycles. The number of hydrogen-bond donors (Lipinski definition) is 0. The first kappa shape index (κ1) is 8.60. The number of aryl methyl sites for hydroxylation is 2. The minimum absolute atomic E-state index is 0.980. The van der Waals surface area contributed by atoms with Crippen molar-refractivity contribution in [2.45, 2.75) is 20.3 Å². The molecular formula is C13H12N2. The molecule has 0 fully saturated rings. The van der Waals surface area contributed by atoms with Crippen LogP contribution in [0.5, 0.6) is 0 Å². The number of nitrogens with zero attached hydrogens (tertiary/aromatic N) is 2. The Labute approximate surface area is 89.0 Å². The third kappa shape index (κ3) is 1.25. The molecule has 0 saturated heterocycles. The maximum absolute atomic E-state index is 4.47. The molecule has 0 radical (unpaired) electrons. The fourth-order valence-corrected chi connectivity index (χ4v) is 2.16. The van der Waals surface area contributed by atoms with Gasteiger partial charge < -0.3 is 0 Å². The smallest absolute Gasteiger partial charge is 0.0924 e. The monoisotopic (exact) mass is 196 g/mol. The first-order valence-corrected chi connectivity index (χ1v) is 5.15. The number of pyridine rings is 2. The van der Waals surface area contributed by atoms with E-state index in [0.717, 1.165) is 17.8 Å². The van der Waals surface area contributed by atoms with E-state index in [1.54, 1.807) is 0 Å². The van der Waals surface area contributed by atoms with Gasteiger partial charge in [-0.2, -0.15) is 0 Å². The van der Waals surface area contributed by atoms with Crippen LogP contribution in [-0.2, 0) is 6.42 Å². The van der Waals surface area contributed by atoms with E-state index < -0.39 is 0 Å². The highest BCUT2D eigenvalue weighted by molar-refractivity contribution is 5.70. The number of aromatic nitrogens is 2. The van der Waals surface area contributed by atoms with Crippen molar-refractivity contribution >= 4 is 0 Å². The van der Waals surface area contributed by atoms with Gasteiger partial charge in [0.2, 0.25) is 0 Å². The minimum atomic E-state index is 0.980. The molecular weight excluding hydrogens is 184 g/mol. The normalized spacial score (nSPS) is 12.4. The fourth-order valence-electron chi connectivity index (χ4n) is 2.16. The van der Waals surface area contributed by atoms with Crippen LogP contribution in [0.4, 0.5) is 0 Å². The van der Waals surface area contributed by atoms with Crippen molar-refractivity contribution < 1.29 is 0 Å². The average molecular weight is 196 g/mol. The van der Waals surface area contributed by atoms with E-state index in [1.165, 1.54) is 22.3 Å². The molecule has 2 aromatic rings. The van der Waals surface area contributed by atoms with Gasteiger partial charge >= 0.3 is 0 Å². The van der Waals surface area contributed by atoms with Crippen LogP contribution < -0.4 is 0 Å². The van der Waals surface area contributed by atoms with Gasteiger partial charge in [0.1, 0.15) is 0 Å². The van der Waals surface area contributed by atoms with Crippen LogP contribution >= 0.6 is 0 Å². The van der Waals surface area contributed by atoms with E-state index in [0.29, 0.717) is 0 Å². The Balaban J connectivity index is 2.24. The summed E-state index contributed by atoms with van der Waals surface area (Å²) < 4.78 is 0. The lowest BCUT2D eigenvalue weighted by atomic mass is 10.1. The largest absolute Gasteiger partial charge is 0.254 e. The molecule has 1 aliphatic rings. The molecule has 74 valence electrons. The molecule has 15 heavy (non-hydrogen) atoms. The molecule has 0 aromatic carbocycles. The maximum atomic E-state index is 4.47. The van der Waals surface area contributed by atoms with E-state index in [4.69, 9.17) is 0 Å². The summed E-state index contributed by atoms with van der Waals surface area (Å²) >= 11 is 0. The quantitative estimate of drug-likeness (QED) is 0.552. The Morgan fingerprint density at radius 3 is 1.80 bits per heavy atom. The molecule has 0 N–H and O–H groups in total. The molecule has 0 spiro atoms. The first-order chi connectivity index (χ1) is 7.24. The van der Waals surface area contributed by atoms with Gasteiger partial charge in [-0.15, -0.1) is 0 Å². The third-order valence-electron chi connectivity index (χ3n) is 2.81. The van der Waals surface area contributed by atoms with Gasteiger partial charge in [-0.3, -0.25) is 9.97 Å². The van der Waals surface area contributed by atoms with Gasteiger partial charge in [0.05, 0.1) is 11.4 Å². The van der Waals surface area contributed by atoms with E-state index in [1.807, 2.05) is 12.4 Å².